The van der Waals surface area contributed by atoms with Gasteiger partial charge in [0.2, 0.25) is 0 Å². The van der Waals surface area contributed by atoms with Crippen molar-refractivity contribution < 1.29 is 13.9 Å². The van der Waals surface area contributed by atoms with Crippen molar-refractivity contribution in [1.29, 1.82) is 0 Å². The lowest BCUT2D eigenvalue weighted by atomic mass is 10.0. The zero-order valence-corrected chi connectivity index (χ0v) is 20.5. The van der Waals surface area contributed by atoms with Gasteiger partial charge in [0.05, 0.1) is 24.8 Å². The Kier molecular flexibility index (Phi) is 6.41. The zero-order chi connectivity index (χ0) is 24.4. The average Bonchev–Trinajstić information content (AvgIpc) is 3.63. The molecule has 1 aliphatic rings. The summed E-state index contributed by atoms with van der Waals surface area (Å²) in [4.78, 5) is 13.4. The van der Waals surface area contributed by atoms with E-state index in [-0.39, 0.29) is 17.7 Å². The Bertz CT molecular complexity index is 1340. The number of methoxy groups -OCH3 is 1. The smallest absolute Gasteiger partial charge is 0.253 e. The van der Waals surface area contributed by atoms with E-state index in [0.717, 1.165) is 28.5 Å². The van der Waals surface area contributed by atoms with Crippen molar-refractivity contribution in [3.05, 3.63) is 89.6 Å². The molecule has 3 heterocycles. The molecule has 8 nitrogen and oxygen atoms in total. The maximum Gasteiger partial charge on any atom is 0.253 e. The van der Waals surface area contributed by atoms with Crippen LogP contribution in [-0.4, -0.2) is 44.3 Å². The monoisotopic (exact) mass is 487 g/mol. The Morgan fingerprint density at radius 2 is 1.86 bits per heavy atom. The molecule has 1 amide bonds. The Hall–Kier alpha value is -3.85. The van der Waals surface area contributed by atoms with Crippen molar-refractivity contribution >= 4 is 23.4 Å². The second kappa shape index (κ2) is 9.79. The van der Waals surface area contributed by atoms with E-state index in [9.17, 15) is 4.79 Å². The quantitative estimate of drug-likeness (QED) is 0.343. The van der Waals surface area contributed by atoms with Gasteiger partial charge in [0.25, 0.3) is 5.91 Å². The number of furan rings is 1. The van der Waals surface area contributed by atoms with Crippen LogP contribution in [0.1, 0.15) is 35.2 Å². The maximum atomic E-state index is 13.4. The summed E-state index contributed by atoms with van der Waals surface area (Å²) in [5, 5.41) is 15.4. The van der Waals surface area contributed by atoms with Gasteiger partial charge < -0.3 is 9.15 Å². The zero-order valence-electron chi connectivity index (χ0n) is 19.7. The number of amides is 1. The van der Waals surface area contributed by atoms with Crippen LogP contribution in [0.4, 0.5) is 0 Å². The number of benzene rings is 2. The molecule has 35 heavy (non-hydrogen) atoms. The summed E-state index contributed by atoms with van der Waals surface area (Å²) in [6.45, 7) is 3.95. The maximum absolute atomic E-state index is 13.4. The first-order valence-electron chi connectivity index (χ1n) is 11.2. The summed E-state index contributed by atoms with van der Waals surface area (Å²) in [5.74, 6) is 2.27. The minimum atomic E-state index is -0.299. The number of carbonyl (C=O) groups is 1. The lowest BCUT2D eigenvalue weighted by Crippen LogP contribution is -2.28. The van der Waals surface area contributed by atoms with Gasteiger partial charge in [-0.1, -0.05) is 29.5 Å². The van der Waals surface area contributed by atoms with E-state index in [0.29, 0.717) is 17.3 Å². The highest BCUT2D eigenvalue weighted by Crippen LogP contribution is 2.34. The summed E-state index contributed by atoms with van der Waals surface area (Å²) in [6, 6.07) is 19.2. The summed E-state index contributed by atoms with van der Waals surface area (Å²) >= 11 is 1.34. The normalized spacial score (nSPS) is 15.3. The molecule has 5 rings (SSSR count). The molecule has 1 atom stereocenters. The number of hydrazone groups is 1. The van der Waals surface area contributed by atoms with Gasteiger partial charge in [0.1, 0.15) is 23.4 Å². The van der Waals surface area contributed by atoms with Gasteiger partial charge in [-0.25, -0.2) is 5.01 Å². The van der Waals surface area contributed by atoms with Crippen molar-refractivity contribution in [2.75, 3.05) is 12.9 Å². The molecule has 1 aliphatic heterocycles. The molecule has 2 aromatic heterocycles. The molecule has 0 bridgehead atoms. The predicted molar refractivity (Wildman–Crippen MR) is 134 cm³/mol. The van der Waals surface area contributed by atoms with Crippen LogP contribution in [0.25, 0.3) is 5.69 Å². The van der Waals surface area contributed by atoms with Gasteiger partial charge in [0.15, 0.2) is 5.16 Å². The van der Waals surface area contributed by atoms with Crippen LogP contribution >= 0.6 is 11.8 Å². The van der Waals surface area contributed by atoms with Gasteiger partial charge in [-0.3, -0.25) is 9.36 Å². The largest absolute Gasteiger partial charge is 0.497 e. The number of aromatic nitrogens is 3. The summed E-state index contributed by atoms with van der Waals surface area (Å²) in [6.07, 6.45) is 2.18. The molecule has 2 aromatic carbocycles. The van der Waals surface area contributed by atoms with E-state index < -0.39 is 0 Å². The number of carbonyl (C=O) groups excluding carboxylic acids is 1. The topological polar surface area (TPSA) is 85.8 Å². The van der Waals surface area contributed by atoms with Gasteiger partial charge in [-0.15, -0.1) is 10.2 Å². The molecule has 0 fully saturated rings. The third-order valence-corrected chi connectivity index (χ3v) is 6.79. The van der Waals surface area contributed by atoms with Crippen LogP contribution in [0.5, 0.6) is 5.75 Å². The van der Waals surface area contributed by atoms with Crippen molar-refractivity contribution in [1.82, 2.24) is 19.8 Å². The summed E-state index contributed by atoms with van der Waals surface area (Å²) in [5.41, 5.74) is 3.90. The number of hydrogen-bond acceptors (Lipinski definition) is 7. The van der Waals surface area contributed by atoms with Crippen LogP contribution in [0.3, 0.4) is 0 Å². The SMILES string of the molecule is COc1ccc(C2=NN(C(=O)CSc3nnc(C)n3-c3ccc(C)cc3)[C@H](c3ccco3)C2)cc1. The fraction of sp³-hybridized carbons (Fsp3) is 0.231. The molecule has 0 N–H and O–H groups in total. The first-order valence-corrected chi connectivity index (χ1v) is 12.2. The van der Waals surface area contributed by atoms with E-state index in [1.54, 1.807) is 13.4 Å². The Balaban J connectivity index is 1.37. The summed E-state index contributed by atoms with van der Waals surface area (Å²) in [7, 11) is 1.63. The third-order valence-electron chi connectivity index (χ3n) is 5.87. The van der Waals surface area contributed by atoms with E-state index in [4.69, 9.17) is 14.3 Å². The standard InChI is InChI=1S/C26H25N5O3S/c1-17-6-10-20(11-7-17)30-18(2)27-28-26(30)35-16-25(32)31-23(24-5-4-14-34-24)15-22(29-31)19-8-12-21(33-3)13-9-19/h4-14,23H,15-16H2,1-3H3/t23-/m0/s1. The predicted octanol–water partition coefficient (Wildman–Crippen LogP) is 4.96. The minimum Gasteiger partial charge on any atom is -0.497 e. The summed E-state index contributed by atoms with van der Waals surface area (Å²) < 4.78 is 12.9. The number of ether oxygens (including phenoxy) is 1. The number of thioether (sulfide) groups is 1. The van der Waals surface area contributed by atoms with E-state index >= 15 is 0 Å². The first kappa shape index (κ1) is 22.9. The molecule has 0 unspecified atom stereocenters. The molecule has 4 aromatic rings. The highest BCUT2D eigenvalue weighted by Gasteiger charge is 2.35. The lowest BCUT2D eigenvalue weighted by Gasteiger charge is -2.19. The van der Waals surface area contributed by atoms with E-state index in [1.807, 2.05) is 79.1 Å². The number of hydrogen-bond donors (Lipinski definition) is 0. The minimum absolute atomic E-state index is 0.129. The first-order chi connectivity index (χ1) is 17.0. The van der Waals surface area contributed by atoms with Crippen molar-refractivity contribution in [2.45, 2.75) is 31.5 Å². The van der Waals surface area contributed by atoms with Crippen LogP contribution in [-0.2, 0) is 4.79 Å². The number of rotatable bonds is 7. The van der Waals surface area contributed by atoms with Crippen LogP contribution in [0.15, 0.2) is 81.6 Å². The molecule has 0 radical (unpaired) electrons. The molecular formula is C26H25N5O3S. The van der Waals surface area contributed by atoms with Crippen molar-refractivity contribution in [3.8, 4) is 11.4 Å². The van der Waals surface area contributed by atoms with Crippen LogP contribution < -0.4 is 4.74 Å². The fourth-order valence-electron chi connectivity index (χ4n) is 4.02. The fourth-order valence-corrected chi connectivity index (χ4v) is 4.87. The Morgan fingerprint density at radius 3 is 2.54 bits per heavy atom. The van der Waals surface area contributed by atoms with Gasteiger partial charge >= 0.3 is 0 Å². The third kappa shape index (κ3) is 4.72. The number of nitrogens with zero attached hydrogens (tertiary/aromatic N) is 5. The van der Waals surface area contributed by atoms with Crippen LogP contribution in [0.2, 0.25) is 0 Å². The number of aryl methyl sites for hydroxylation is 2. The van der Waals surface area contributed by atoms with E-state index in [1.165, 1.54) is 22.3 Å². The highest BCUT2D eigenvalue weighted by atomic mass is 32.2. The highest BCUT2D eigenvalue weighted by molar-refractivity contribution is 7.99. The molecular weight excluding hydrogens is 462 g/mol. The molecule has 0 saturated heterocycles. The van der Waals surface area contributed by atoms with Crippen molar-refractivity contribution in [2.24, 2.45) is 5.10 Å². The van der Waals surface area contributed by atoms with Crippen molar-refractivity contribution in [3.63, 3.8) is 0 Å². The molecule has 0 aliphatic carbocycles. The Labute approximate surface area is 207 Å². The van der Waals surface area contributed by atoms with Gasteiger partial charge in [-0.05, 0) is 67.9 Å². The lowest BCUT2D eigenvalue weighted by molar-refractivity contribution is -0.130. The second-order valence-electron chi connectivity index (χ2n) is 8.24. The van der Waals surface area contributed by atoms with Crippen LogP contribution in [0, 0.1) is 13.8 Å². The Morgan fingerprint density at radius 1 is 1.09 bits per heavy atom. The molecule has 9 heteroatoms. The molecule has 0 saturated carbocycles. The van der Waals surface area contributed by atoms with Gasteiger partial charge in [0, 0.05) is 12.1 Å². The van der Waals surface area contributed by atoms with Gasteiger partial charge in [-0.2, -0.15) is 5.10 Å². The average molecular weight is 488 g/mol. The van der Waals surface area contributed by atoms with E-state index in [2.05, 4.69) is 10.2 Å². The molecule has 0 spiro atoms. The molecule has 178 valence electrons. The second-order valence-corrected chi connectivity index (χ2v) is 9.18.